The van der Waals surface area contributed by atoms with E-state index < -0.39 is 31.2 Å². The summed E-state index contributed by atoms with van der Waals surface area (Å²) < 4.78 is 63.1. The Balaban J connectivity index is 3.77. The van der Waals surface area contributed by atoms with Crippen LogP contribution in [0.15, 0.2) is 0 Å². The van der Waals surface area contributed by atoms with Gasteiger partial charge in [-0.05, 0) is 13.8 Å². The maximum Gasteiger partial charge on any atom is 0.391 e. The van der Waals surface area contributed by atoms with Gasteiger partial charge >= 0.3 is 6.18 Å². The normalized spacial score (nSPS) is 13.8. The van der Waals surface area contributed by atoms with Crippen LogP contribution in [-0.4, -0.2) is 24.8 Å². The summed E-state index contributed by atoms with van der Waals surface area (Å²) in [6.07, 6.45) is -8.36. The molecule has 6 heteroatoms. The average Bonchev–Trinajstić information content (AvgIpc) is 1.82. The van der Waals surface area contributed by atoms with Crippen LogP contribution in [0.5, 0.6) is 0 Å². The molecule has 0 aromatic carbocycles. The fourth-order valence-electron chi connectivity index (χ4n) is 0.493. The molecule has 0 spiro atoms. The molecule has 0 rings (SSSR count). The van der Waals surface area contributed by atoms with E-state index in [2.05, 4.69) is 4.74 Å². The zero-order valence-corrected chi connectivity index (χ0v) is 7.29. The molecule has 0 fully saturated rings. The molecule has 0 heterocycles. The quantitative estimate of drug-likeness (QED) is 0.642. The van der Waals surface area contributed by atoms with Crippen molar-refractivity contribution >= 4 is 0 Å². The van der Waals surface area contributed by atoms with Crippen LogP contribution in [-0.2, 0) is 4.74 Å². The third-order valence-electron chi connectivity index (χ3n) is 1.39. The van der Waals surface area contributed by atoms with Gasteiger partial charge in [-0.15, -0.1) is 0 Å². The fourth-order valence-corrected chi connectivity index (χ4v) is 0.493. The molecule has 0 aromatic rings. The highest BCUT2D eigenvalue weighted by Gasteiger charge is 2.33. The number of alkyl halides is 5. The van der Waals surface area contributed by atoms with Gasteiger partial charge < -0.3 is 4.74 Å². The summed E-state index contributed by atoms with van der Waals surface area (Å²) in [6.45, 7) is 1.36. The summed E-state index contributed by atoms with van der Waals surface area (Å²) >= 11 is 0. The Hall–Kier alpha value is -0.390. The highest BCUT2D eigenvalue weighted by Crippen LogP contribution is 2.23. The van der Waals surface area contributed by atoms with E-state index in [-0.39, 0.29) is 0 Å². The number of rotatable bonds is 4. The van der Waals surface area contributed by atoms with E-state index >= 15 is 0 Å². The second-order valence-electron chi connectivity index (χ2n) is 3.12. The lowest BCUT2D eigenvalue weighted by Gasteiger charge is -2.24. The summed E-state index contributed by atoms with van der Waals surface area (Å²) in [4.78, 5) is 0. The lowest BCUT2D eigenvalue weighted by atomic mass is 10.1. The third-order valence-corrected chi connectivity index (χ3v) is 1.39. The van der Waals surface area contributed by atoms with Crippen molar-refractivity contribution in [1.82, 2.24) is 0 Å². The molecule has 0 unspecified atom stereocenters. The summed E-state index contributed by atoms with van der Waals surface area (Å²) in [7, 11) is 0. The Labute approximate surface area is 72.9 Å². The summed E-state index contributed by atoms with van der Waals surface area (Å²) in [5.74, 6) is 0. The lowest BCUT2D eigenvalue weighted by Crippen LogP contribution is -2.34. The van der Waals surface area contributed by atoms with Gasteiger partial charge in [0.25, 0.3) is 6.43 Å². The van der Waals surface area contributed by atoms with Crippen LogP contribution >= 0.6 is 0 Å². The largest absolute Gasteiger partial charge is 0.391 e. The molecule has 0 aliphatic carbocycles. The Kier molecular flexibility index (Phi) is 4.09. The van der Waals surface area contributed by atoms with E-state index in [0.717, 1.165) is 13.8 Å². The minimum Gasteiger partial charge on any atom is -0.369 e. The monoisotopic (exact) mass is 206 g/mol. The van der Waals surface area contributed by atoms with Crippen LogP contribution in [0.2, 0.25) is 0 Å². The van der Waals surface area contributed by atoms with Crippen LogP contribution in [0.1, 0.15) is 20.3 Å². The number of halogens is 5. The topological polar surface area (TPSA) is 9.23 Å². The highest BCUT2D eigenvalue weighted by molar-refractivity contribution is 4.71. The summed E-state index contributed by atoms with van der Waals surface area (Å²) in [5, 5.41) is 0. The second-order valence-corrected chi connectivity index (χ2v) is 3.12. The van der Waals surface area contributed by atoms with Crippen molar-refractivity contribution in [2.45, 2.75) is 38.5 Å². The summed E-state index contributed by atoms with van der Waals surface area (Å²) in [5.41, 5.74) is -1.81. The molecule has 0 aromatic heterocycles. The first-order chi connectivity index (χ1) is 5.65. The zero-order chi connectivity index (χ0) is 10.7. The van der Waals surface area contributed by atoms with E-state index in [1.165, 1.54) is 0 Å². The van der Waals surface area contributed by atoms with Crippen molar-refractivity contribution in [3.05, 3.63) is 0 Å². The van der Waals surface area contributed by atoms with Crippen LogP contribution in [0.25, 0.3) is 0 Å². The van der Waals surface area contributed by atoms with Crippen molar-refractivity contribution in [3.8, 4) is 0 Å². The summed E-state index contributed by atoms with van der Waals surface area (Å²) in [6, 6.07) is 0. The Bertz CT molecular complexity index is 151. The molecule has 80 valence electrons. The van der Waals surface area contributed by atoms with Gasteiger partial charge in [0.15, 0.2) is 0 Å². The third kappa shape index (κ3) is 5.79. The Morgan fingerprint density at radius 2 is 1.62 bits per heavy atom. The number of hydrogen-bond acceptors (Lipinski definition) is 1. The molecule has 0 bridgehead atoms. The SMILES string of the molecule is CC(C)(OCCC(F)(F)F)C(F)F. The number of hydrogen-bond donors (Lipinski definition) is 0. The highest BCUT2D eigenvalue weighted by atomic mass is 19.4. The van der Waals surface area contributed by atoms with Crippen LogP contribution in [0, 0.1) is 0 Å². The van der Waals surface area contributed by atoms with Crippen molar-refractivity contribution in [3.63, 3.8) is 0 Å². The maximum atomic E-state index is 12.0. The van der Waals surface area contributed by atoms with Gasteiger partial charge in [-0.25, -0.2) is 8.78 Å². The first-order valence-corrected chi connectivity index (χ1v) is 3.64. The smallest absolute Gasteiger partial charge is 0.369 e. The van der Waals surface area contributed by atoms with Crippen LogP contribution < -0.4 is 0 Å². The maximum absolute atomic E-state index is 12.0. The second kappa shape index (κ2) is 4.21. The van der Waals surface area contributed by atoms with E-state index in [1.807, 2.05) is 0 Å². The van der Waals surface area contributed by atoms with Crippen molar-refractivity contribution in [1.29, 1.82) is 0 Å². The molecule has 0 radical (unpaired) electrons. The van der Waals surface area contributed by atoms with Gasteiger partial charge in [0.1, 0.15) is 5.60 Å². The van der Waals surface area contributed by atoms with Crippen molar-refractivity contribution < 1.29 is 26.7 Å². The molecule has 0 atom stereocenters. The van der Waals surface area contributed by atoms with Crippen LogP contribution in [0.4, 0.5) is 22.0 Å². The van der Waals surface area contributed by atoms with E-state index in [4.69, 9.17) is 0 Å². The molecule has 1 nitrogen and oxygen atoms in total. The van der Waals surface area contributed by atoms with Gasteiger partial charge in [0.2, 0.25) is 0 Å². The molecular formula is C7H11F5O. The Morgan fingerprint density at radius 3 is 1.92 bits per heavy atom. The van der Waals surface area contributed by atoms with Gasteiger partial charge in [-0.1, -0.05) is 0 Å². The molecule has 0 aliphatic rings. The minimum atomic E-state index is -4.36. The minimum absolute atomic E-state index is 0.735. The van der Waals surface area contributed by atoms with Crippen LogP contribution in [0.3, 0.4) is 0 Å². The molecular weight excluding hydrogens is 195 g/mol. The van der Waals surface area contributed by atoms with Gasteiger partial charge in [0, 0.05) is 0 Å². The predicted octanol–water partition coefficient (Wildman–Crippen LogP) is 3.00. The fraction of sp³-hybridized carbons (Fsp3) is 1.00. The first-order valence-electron chi connectivity index (χ1n) is 3.64. The van der Waals surface area contributed by atoms with Crippen molar-refractivity contribution in [2.75, 3.05) is 6.61 Å². The molecule has 0 saturated heterocycles. The van der Waals surface area contributed by atoms with Crippen molar-refractivity contribution in [2.24, 2.45) is 0 Å². The van der Waals surface area contributed by atoms with E-state index in [0.29, 0.717) is 0 Å². The zero-order valence-electron chi connectivity index (χ0n) is 7.29. The van der Waals surface area contributed by atoms with Gasteiger partial charge in [-0.3, -0.25) is 0 Å². The predicted molar refractivity (Wildman–Crippen MR) is 36.7 cm³/mol. The molecule has 13 heavy (non-hydrogen) atoms. The number of ether oxygens (including phenoxy) is 1. The van der Waals surface area contributed by atoms with Gasteiger partial charge in [-0.2, -0.15) is 13.2 Å². The average molecular weight is 206 g/mol. The van der Waals surface area contributed by atoms with E-state index in [1.54, 1.807) is 0 Å². The molecule has 0 saturated carbocycles. The van der Waals surface area contributed by atoms with Gasteiger partial charge in [0.05, 0.1) is 13.0 Å². The molecule has 0 amide bonds. The molecule has 0 N–H and O–H groups in total. The first kappa shape index (κ1) is 12.6. The standard InChI is InChI=1S/C7H11F5O/c1-6(2,5(8)9)13-4-3-7(10,11)12/h5H,3-4H2,1-2H3. The van der Waals surface area contributed by atoms with E-state index in [9.17, 15) is 22.0 Å². The molecule has 0 aliphatic heterocycles. The Morgan fingerprint density at radius 1 is 1.15 bits per heavy atom. The lowest BCUT2D eigenvalue weighted by molar-refractivity contribution is -0.172.